The third kappa shape index (κ3) is 3.96. The summed E-state index contributed by atoms with van der Waals surface area (Å²) in [4.78, 5) is 16.7. The third-order valence-corrected chi connectivity index (χ3v) is 4.97. The first-order chi connectivity index (χ1) is 13.2. The number of hydrogen-bond acceptors (Lipinski definition) is 4. The van der Waals surface area contributed by atoms with E-state index in [-0.39, 0.29) is 5.91 Å². The zero-order valence-corrected chi connectivity index (χ0v) is 15.6. The Morgan fingerprint density at radius 3 is 2.59 bits per heavy atom. The smallest absolute Gasteiger partial charge is 0.251 e. The zero-order valence-electron chi connectivity index (χ0n) is 14.8. The summed E-state index contributed by atoms with van der Waals surface area (Å²) in [5, 5.41) is 11.3. The van der Waals surface area contributed by atoms with Gasteiger partial charge in [0.2, 0.25) is 0 Å². The highest BCUT2D eigenvalue weighted by molar-refractivity contribution is 7.08. The molecule has 0 atom stereocenters. The Morgan fingerprint density at radius 1 is 1.04 bits per heavy atom. The van der Waals surface area contributed by atoms with E-state index in [1.165, 1.54) is 5.56 Å². The van der Waals surface area contributed by atoms with E-state index < -0.39 is 0 Å². The molecular formula is C21H18N4OS. The fourth-order valence-corrected chi connectivity index (χ4v) is 3.50. The minimum absolute atomic E-state index is 0.0985. The molecule has 0 fully saturated rings. The van der Waals surface area contributed by atoms with Gasteiger partial charge in [-0.25, -0.2) is 0 Å². The molecule has 0 bridgehead atoms. The number of carbonyl (C=O) groups is 1. The van der Waals surface area contributed by atoms with Crippen LogP contribution in [0.4, 0.5) is 0 Å². The number of thiophene rings is 1. The average Bonchev–Trinajstić information content (AvgIpc) is 3.38. The Balaban J connectivity index is 1.42. The van der Waals surface area contributed by atoms with E-state index >= 15 is 0 Å². The molecule has 0 unspecified atom stereocenters. The summed E-state index contributed by atoms with van der Waals surface area (Å²) in [6.07, 6.45) is 7.30. The van der Waals surface area contributed by atoms with Crippen LogP contribution in [0.5, 0.6) is 0 Å². The molecule has 4 aromatic rings. The van der Waals surface area contributed by atoms with Crippen molar-refractivity contribution in [1.82, 2.24) is 20.1 Å². The number of aromatic nitrogens is 3. The summed E-state index contributed by atoms with van der Waals surface area (Å²) in [5.74, 6) is -0.0985. The van der Waals surface area contributed by atoms with E-state index in [2.05, 4.69) is 26.8 Å². The number of nitrogens with zero attached hydrogens (tertiary/aromatic N) is 3. The molecule has 0 radical (unpaired) electrons. The largest absolute Gasteiger partial charge is 0.348 e. The van der Waals surface area contributed by atoms with Gasteiger partial charge in [-0.2, -0.15) is 16.4 Å². The predicted molar refractivity (Wildman–Crippen MR) is 107 cm³/mol. The van der Waals surface area contributed by atoms with Gasteiger partial charge in [-0.1, -0.05) is 12.1 Å². The normalized spacial score (nSPS) is 10.7. The minimum Gasteiger partial charge on any atom is -0.348 e. The molecule has 6 heteroatoms. The summed E-state index contributed by atoms with van der Waals surface area (Å²) in [6.45, 7) is 0.423. The van der Waals surface area contributed by atoms with E-state index in [0.29, 0.717) is 12.1 Å². The van der Waals surface area contributed by atoms with Crippen molar-refractivity contribution < 1.29 is 4.79 Å². The molecule has 3 heterocycles. The van der Waals surface area contributed by atoms with Crippen molar-refractivity contribution in [2.24, 2.45) is 7.05 Å². The first kappa shape index (κ1) is 17.2. The van der Waals surface area contributed by atoms with Crippen LogP contribution in [-0.4, -0.2) is 20.7 Å². The van der Waals surface area contributed by atoms with Gasteiger partial charge in [0.25, 0.3) is 5.91 Å². The Labute approximate surface area is 161 Å². The molecule has 0 aliphatic heterocycles. The summed E-state index contributed by atoms with van der Waals surface area (Å²) in [6, 6.07) is 11.7. The van der Waals surface area contributed by atoms with Crippen molar-refractivity contribution in [2.45, 2.75) is 6.54 Å². The lowest BCUT2D eigenvalue weighted by atomic mass is 10.1. The number of hydrogen-bond donors (Lipinski definition) is 1. The fourth-order valence-electron chi connectivity index (χ4n) is 2.84. The van der Waals surface area contributed by atoms with E-state index in [9.17, 15) is 4.79 Å². The van der Waals surface area contributed by atoms with Crippen LogP contribution in [0.3, 0.4) is 0 Å². The SMILES string of the molecule is Cn1cc(-c2cncc(CNC(=O)c3ccc(-c4ccsc4)cc3)c2)cn1. The molecule has 0 saturated heterocycles. The number of aryl methyl sites for hydroxylation is 1. The van der Waals surface area contributed by atoms with Gasteiger partial charge in [-0.3, -0.25) is 14.5 Å². The average molecular weight is 374 g/mol. The van der Waals surface area contributed by atoms with Crippen molar-refractivity contribution >= 4 is 17.2 Å². The Morgan fingerprint density at radius 2 is 1.89 bits per heavy atom. The zero-order chi connectivity index (χ0) is 18.6. The number of pyridine rings is 1. The van der Waals surface area contributed by atoms with Crippen LogP contribution in [0.2, 0.25) is 0 Å². The Bertz CT molecular complexity index is 1050. The lowest BCUT2D eigenvalue weighted by Gasteiger charge is -2.07. The van der Waals surface area contributed by atoms with Crippen LogP contribution in [0.1, 0.15) is 15.9 Å². The molecule has 0 saturated carbocycles. The topological polar surface area (TPSA) is 59.8 Å². The highest BCUT2D eigenvalue weighted by atomic mass is 32.1. The van der Waals surface area contributed by atoms with Crippen LogP contribution in [0, 0.1) is 0 Å². The maximum atomic E-state index is 12.4. The molecule has 3 aromatic heterocycles. The van der Waals surface area contributed by atoms with Crippen molar-refractivity contribution in [3.05, 3.63) is 83.1 Å². The van der Waals surface area contributed by atoms with Crippen molar-refractivity contribution in [3.63, 3.8) is 0 Å². The highest BCUT2D eigenvalue weighted by Gasteiger charge is 2.08. The molecule has 1 N–H and O–H groups in total. The van der Waals surface area contributed by atoms with E-state index in [1.807, 2.05) is 49.0 Å². The van der Waals surface area contributed by atoms with Crippen LogP contribution >= 0.6 is 11.3 Å². The molecular weight excluding hydrogens is 356 g/mol. The number of amides is 1. The summed E-state index contributed by atoms with van der Waals surface area (Å²) < 4.78 is 1.75. The van der Waals surface area contributed by atoms with Crippen molar-refractivity contribution in [3.8, 4) is 22.3 Å². The molecule has 4 rings (SSSR count). The molecule has 134 valence electrons. The van der Waals surface area contributed by atoms with Crippen molar-refractivity contribution in [2.75, 3.05) is 0 Å². The number of carbonyl (C=O) groups excluding carboxylic acids is 1. The van der Waals surface area contributed by atoms with E-state index in [4.69, 9.17) is 0 Å². The van der Waals surface area contributed by atoms with Crippen LogP contribution in [0.25, 0.3) is 22.3 Å². The predicted octanol–water partition coefficient (Wildman–Crippen LogP) is 4.14. The van der Waals surface area contributed by atoms with Gasteiger partial charge in [0.1, 0.15) is 0 Å². The standard InChI is InChI=1S/C21H18N4OS/c1-25-13-20(12-24-25)19-8-15(9-22-11-19)10-23-21(26)17-4-2-16(3-5-17)18-6-7-27-14-18/h2-9,11-14H,10H2,1H3,(H,23,26). The molecule has 1 amide bonds. The molecule has 27 heavy (non-hydrogen) atoms. The number of benzene rings is 1. The van der Waals surface area contributed by atoms with Crippen LogP contribution in [0.15, 0.2) is 71.9 Å². The third-order valence-electron chi connectivity index (χ3n) is 4.29. The molecule has 0 aliphatic carbocycles. The van der Waals surface area contributed by atoms with Gasteiger partial charge in [0.15, 0.2) is 0 Å². The fraction of sp³-hybridized carbons (Fsp3) is 0.0952. The number of nitrogens with one attached hydrogen (secondary N) is 1. The van der Waals surface area contributed by atoms with Gasteiger partial charge in [-0.15, -0.1) is 0 Å². The molecule has 0 spiro atoms. The van der Waals surface area contributed by atoms with E-state index in [0.717, 1.165) is 22.3 Å². The lowest BCUT2D eigenvalue weighted by Crippen LogP contribution is -2.22. The first-order valence-electron chi connectivity index (χ1n) is 8.53. The second-order valence-electron chi connectivity index (χ2n) is 6.26. The van der Waals surface area contributed by atoms with E-state index in [1.54, 1.807) is 34.6 Å². The summed E-state index contributed by atoms with van der Waals surface area (Å²) in [5.41, 5.74) is 5.86. The van der Waals surface area contributed by atoms with Gasteiger partial charge in [-0.05, 0) is 51.7 Å². The quantitative estimate of drug-likeness (QED) is 0.571. The van der Waals surface area contributed by atoms with Crippen LogP contribution in [-0.2, 0) is 13.6 Å². The monoisotopic (exact) mass is 374 g/mol. The minimum atomic E-state index is -0.0985. The van der Waals surface area contributed by atoms with Crippen LogP contribution < -0.4 is 5.32 Å². The second kappa shape index (κ2) is 7.55. The second-order valence-corrected chi connectivity index (χ2v) is 7.04. The molecule has 0 aliphatic rings. The van der Waals surface area contributed by atoms with Gasteiger partial charge < -0.3 is 5.32 Å². The van der Waals surface area contributed by atoms with Gasteiger partial charge in [0.05, 0.1) is 6.20 Å². The maximum absolute atomic E-state index is 12.4. The summed E-state index contributed by atoms with van der Waals surface area (Å²) in [7, 11) is 1.88. The maximum Gasteiger partial charge on any atom is 0.251 e. The van der Waals surface area contributed by atoms with Crippen molar-refractivity contribution in [1.29, 1.82) is 0 Å². The summed E-state index contributed by atoms with van der Waals surface area (Å²) >= 11 is 1.66. The highest BCUT2D eigenvalue weighted by Crippen LogP contribution is 2.22. The van der Waals surface area contributed by atoms with Gasteiger partial charge in [0, 0.05) is 48.9 Å². The Hall–Kier alpha value is -3.25. The Kier molecular flexibility index (Phi) is 4.80. The van der Waals surface area contributed by atoms with Gasteiger partial charge >= 0.3 is 0 Å². The first-order valence-corrected chi connectivity index (χ1v) is 9.47. The lowest BCUT2D eigenvalue weighted by molar-refractivity contribution is 0.0951. The number of rotatable bonds is 5. The molecule has 5 nitrogen and oxygen atoms in total. The molecule has 1 aromatic carbocycles.